The summed E-state index contributed by atoms with van der Waals surface area (Å²) in [7, 11) is 1.88. The van der Waals surface area contributed by atoms with Crippen LogP contribution in [0.5, 0.6) is 5.75 Å². The summed E-state index contributed by atoms with van der Waals surface area (Å²) in [6.45, 7) is 2.90. The van der Waals surface area contributed by atoms with Crippen molar-refractivity contribution in [1.82, 2.24) is 15.1 Å². The molecular weight excluding hydrogens is 268 g/mol. The minimum atomic E-state index is -0.517. The van der Waals surface area contributed by atoms with Gasteiger partial charge in [-0.05, 0) is 19.1 Å². The van der Waals surface area contributed by atoms with E-state index in [1.807, 2.05) is 38.2 Å². The van der Waals surface area contributed by atoms with Crippen LogP contribution in [0.15, 0.2) is 30.5 Å². The Kier molecular flexibility index (Phi) is 3.51. The summed E-state index contributed by atoms with van der Waals surface area (Å²) in [5, 5.41) is 10.3. The Morgan fingerprint density at radius 3 is 3.10 bits per heavy atom. The molecule has 0 spiro atoms. The molecule has 0 radical (unpaired) electrons. The molecule has 0 saturated heterocycles. The number of benzene rings is 1. The number of rotatable bonds is 3. The molecule has 2 heterocycles. The van der Waals surface area contributed by atoms with Crippen LogP contribution < -0.4 is 15.4 Å². The van der Waals surface area contributed by atoms with Gasteiger partial charge >= 0.3 is 0 Å². The molecule has 0 fully saturated rings. The normalized spacial score (nSPS) is 16.6. The highest BCUT2D eigenvalue weighted by atomic mass is 16.5. The summed E-state index contributed by atoms with van der Waals surface area (Å²) in [4.78, 5) is 12.2. The molecule has 6 heteroatoms. The highest BCUT2D eigenvalue weighted by Crippen LogP contribution is 2.28. The quantitative estimate of drug-likeness (QED) is 0.890. The monoisotopic (exact) mass is 286 g/mol. The number of aryl methyl sites for hydroxylation is 1. The lowest BCUT2D eigenvalue weighted by molar-refractivity contribution is -0.127. The number of hydrogen-bond acceptors (Lipinski definition) is 4. The summed E-state index contributed by atoms with van der Waals surface area (Å²) in [5.41, 5.74) is 2.98. The lowest BCUT2D eigenvalue weighted by atomic mass is 10.2. The van der Waals surface area contributed by atoms with Crippen molar-refractivity contribution in [3.05, 3.63) is 41.7 Å². The van der Waals surface area contributed by atoms with Crippen molar-refractivity contribution in [2.24, 2.45) is 7.05 Å². The Hall–Kier alpha value is -2.50. The Morgan fingerprint density at radius 1 is 1.52 bits per heavy atom. The number of nitrogens with one attached hydrogen (secondary N) is 2. The molecule has 110 valence electrons. The van der Waals surface area contributed by atoms with Crippen molar-refractivity contribution in [1.29, 1.82) is 0 Å². The number of fused-ring (bicyclic) bond motifs is 1. The van der Waals surface area contributed by atoms with E-state index in [4.69, 9.17) is 4.74 Å². The van der Waals surface area contributed by atoms with Gasteiger partial charge in [-0.15, -0.1) is 0 Å². The lowest BCUT2D eigenvalue weighted by Crippen LogP contribution is -2.44. The molecule has 2 aromatic rings. The molecule has 1 aliphatic heterocycles. The maximum atomic E-state index is 12.2. The van der Waals surface area contributed by atoms with Crippen LogP contribution in [-0.2, 0) is 18.4 Å². The minimum Gasteiger partial charge on any atom is -0.477 e. The Bertz CT molecular complexity index is 665. The molecule has 6 nitrogen and oxygen atoms in total. The summed E-state index contributed by atoms with van der Waals surface area (Å²) < 4.78 is 7.51. The van der Waals surface area contributed by atoms with Crippen LogP contribution in [0.25, 0.3) is 0 Å². The molecule has 0 saturated carbocycles. The molecule has 0 bridgehead atoms. The summed E-state index contributed by atoms with van der Waals surface area (Å²) in [5.74, 6) is 0.585. The van der Waals surface area contributed by atoms with E-state index in [1.54, 1.807) is 10.9 Å². The van der Waals surface area contributed by atoms with E-state index >= 15 is 0 Å². The van der Waals surface area contributed by atoms with Crippen molar-refractivity contribution in [3.63, 3.8) is 0 Å². The van der Waals surface area contributed by atoms with Crippen LogP contribution in [0.3, 0.4) is 0 Å². The fourth-order valence-corrected chi connectivity index (χ4v) is 2.27. The maximum Gasteiger partial charge on any atom is 0.263 e. The zero-order chi connectivity index (χ0) is 14.8. The number of nitrogens with zero attached hydrogens (tertiary/aromatic N) is 2. The fraction of sp³-hybridized carbons (Fsp3) is 0.333. The van der Waals surface area contributed by atoms with Crippen LogP contribution in [-0.4, -0.2) is 28.3 Å². The van der Waals surface area contributed by atoms with Crippen molar-refractivity contribution in [3.8, 4) is 5.75 Å². The van der Waals surface area contributed by atoms with E-state index in [9.17, 15) is 4.79 Å². The average molecular weight is 286 g/mol. The van der Waals surface area contributed by atoms with Crippen LogP contribution in [0.4, 0.5) is 5.69 Å². The van der Waals surface area contributed by atoms with Crippen molar-refractivity contribution < 1.29 is 9.53 Å². The molecule has 3 rings (SSSR count). The average Bonchev–Trinajstić information content (AvgIpc) is 2.84. The zero-order valence-electron chi connectivity index (χ0n) is 12.1. The Labute approximate surface area is 123 Å². The molecule has 1 aromatic carbocycles. The number of amides is 1. The van der Waals surface area contributed by atoms with Crippen molar-refractivity contribution in [2.75, 3.05) is 11.9 Å². The van der Waals surface area contributed by atoms with Gasteiger partial charge in [0.15, 0.2) is 6.10 Å². The van der Waals surface area contributed by atoms with Crippen LogP contribution in [0.2, 0.25) is 0 Å². The number of anilines is 1. The van der Waals surface area contributed by atoms with Gasteiger partial charge in [0.1, 0.15) is 5.75 Å². The Balaban J connectivity index is 1.61. The van der Waals surface area contributed by atoms with Gasteiger partial charge < -0.3 is 15.4 Å². The number of ether oxygens (including phenoxy) is 1. The first-order valence-corrected chi connectivity index (χ1v) is 6.90. The molecule has 21 heavy (non-hydrogen) atoms. The van der Waals surface area contributed by atoms with E-state index in [0.717, 1.165) is 16.9 Å². The maximum absolute atomic E-state index is 12.2. The minimum absolute atomic E-state index is 0.125. The van der Waals surface area contributed by atoms with Gasteiger partial charge in [0.25, 0.3) is 5.91 Å². The predicted octanol–water partition coefficient (Wildman–Crippen LogP) is 1.22. The van der Waals surface area contributed by atoms with E-state index in [2.05, 4.69) is 15.7 Å². The first-order valence-electron chi connectivity index (χ1n) is 6.90. The SMILES string of the molecule is Cc1c(CNC(=O)C2CNc3ccccc3O2)cnn1C. The van der Waals surface area contributed by atoms with Crippen molar-refractivity contribution >= 4 is 11.6 Å². The largest absolute Gasteiger partial charge is 0.477 e. The predicted molar refractivity (Wildman–Crippen MR) is 79.1 cm³/mol. The highest BCUT2D eigenvalue weighted by molar-refractivity contribution is 5.83. The van der Waals surface area contributed by atoms with Crippen molar-refractivity contribution in [2.45, 2.75) is 19.6 Å². The second kappa shape index (κ2) is 5.47. The van der Waals surface area contributed by atoms with Gasteiger partial charge in [-0.2, -0.15) is 5.10 Å². The summed E-state index contributed by atoms with van der Waals surface area (Å²) in [6.07, 6.45) is 1.25. The molecular formula is C15H18N4O2. The van der Waals surface area contributed by atoms with Crippen LogP contribution >= 0.6 is 0 Å². The van der Waals surface area contributed by atoms with E-state index < -0.39 is 6.10 Å². The molecule has 1 aliphatic rings. The topological polar surface area (TPSA) is 68.2 Å². The number of aromatic nitrogens is 2. The summed E-state index contributed by atoms with van der Waals surface area (Å²) >= 11 is 0. The molecule has 1 amide bonds. The number of carbonyl (C=O) groups is 1. The van der Waals surface area contributed by atoms with Gasteiger partial charge in [0.2, 0.25) is 0 Å². The lowest BCUT2D eigenvalue weighted by Gasteiger charge is -2.26. The second-order valence-electron chi connectivity index (χ2n) is 5.08. The first-order chi connectivity index (χ1) is 10.1. The first kappa shape index (κ1) is 13.5. The van der Waals surface area contributed by atoms with Gasteiger partial charge in [-0.3, -0.25) is 9.48 Å². The smallest absolute Gasteiger partial charge is 0.263 e. The third kappa shape index (κ3) is 2.69. The zero-order valence-corrected chi connectivity index (χ0v) is 12.1. The number of carbonyl (C=O) groups excluding carboxylic acids is 1. The molecule has 1 aromatic heterocycles. The Morgan fingerprint density at radius 2 is 2.33 bits per heavy atom. The third-order valence-corrected chi connectivity index (χ3v) is 3.72. The highest BCUT2D eigenvalue weighted by Gasteiger charge is 2.25. The second-order valence-corrected chi connectivity index (χ2v) is 5.08. The third-order valence-electron chi connectivity index (χ3n) is 3.72. The molecule has 0 aliphatic carbocycles. The summed E-state index contributed by atoms with van der Waals surface area (Å²) in [6, 6.07) is 7.61. The van der Waals surface area contributed by atoms with Gasteiger partial charge in [0, 0.05) is 24.8 Å². The number of para-hydroxylation sites is 2. The molecule has 1 atom stereocenters. The van der Waals surface area contributed by atoms with Gasteiger partial charge in [-0.25, -0.2) is 0 Å². The molecule has 2 N–H and O–H groups in total. The van der Waals surface area contributed by atoms with E-state index in [0.29, 0.717) is 18.8 Å². The standard InChI is InChI=1S/C15H18N4O2/c1-10-11(8-18-19(10)2)7-17-15(20)14-9-16-12-5-3-4-6-13(12)21-14/h3-6,8,14,16H,7,9H2,1-2H3,(H,17,20). The van der Waals surface area contributed by atoms with Gasteiger partial charge in [0.05, 0.1) is 18.4 Å². The van der Waals surface area contributed by atoms with Crippen LogP contribution in [0.1, 0.15) is 11.3 Å². The van der Waals surface area contributed by atoms with E-state index in [-0.39, 0.29) is 5.91 Å². The van der Waals surface area contributed by atoms with Crippen LogP contribution in [0, 0.1) is 6.92 Å². The van der Waals surface area contributed by atoms with E-state index in [1.165, 1.54) is 0 Å². The number of hydrogen-bond donors (Lipinski definition) is 2. The fourth-order valence-electron chi connectivity index (χ4n) is 2.27. The van der Waals surface area contributed by atoms with Gasteiger partial charge in [-0.1, -0.05) is 12.1 Å². The molecule has 1 unspecified atom stereocenters.